The van der Waals surface area contributed by atoms with Crippen molar-refractivity contribution in [3.63, 3.8) is 0 Å². The summed E-state index contributed by atoms with van der Waals surface area (Å²) in [6, 6.07) is 0. The van der Waals surface area contributed by atoms with Gasteiger partial charge in [0.15, 0.2) is 0 Å². The number of aliphatic imine (C=N–C) groups is 3. The molecular weight excluding hydrogens is 588 g/mol. The molecule has 2 aliphatic heterocycles. The smallest absolute Gasteiger partial charge is 0.411 e. The largest absolute Gasteiger partial charge is 0.449 e. The maximum absolute atomic E-state index is 13.2. The van der Waals surface area contributed by atoms with E-state index in [0.717, 1.165) is 57.8 Å². The molecule has 2 atom stereocenters. The monoisotopic (exact) mass is 634 g/mol. The molecule has 0 aromatic rings. The van der Waals surface area contributed by atoms with Gasteiger partial charge in [-0.3, -0.25) is 9.80 Å². The van der Waals surface area contributed by atoms with E-state index in [4.69, 9.17) is 14.2 Å². The molecule has 2 unspecified atom stereocenters. The number of unbranched alkanes of at least 4 members (excludes halogenated alkanes) is 3. The fraction of sp³-hybridized carbons (Fsp3) is 0.800. The van der Waals surface area contributed by atoms with E-state index in [1.165, 1.54) is 28.0 Å². The average Bonchev–Trinajstić information content (AvgIpc) is 3.43. The summed E-state index contributed by atoms with van der Waals surface area (Å²) in [6.07, 6.45) is 10.5. The number of hydrogen-bond donors (Lipinski definition) is 1. The molecule has 2 fully saturated rings. The lowest BCUT2D eigenvalue weighted by atomic mass is 9.88. The van der Waals surface area contributed by atoms with Crippen LogP contribution in [-0.2, 0) is 28.6 Å². The molecule has 0 bridgehead atoms. The lowest BCUT2D eigenvalue weighted by Crippen LogP contribution is -2.46. The first-order chi connectivity index (χ1) is 21.9. The van der Waals surface area contributed by atoms with Crippen LogP contribution in [0, 0.1) is 5.41 Å². The first kappa shape index (κ1) is 37.1. The maximum Gasteiger partial charge on any atom is 0.411 e. The van der Waals surface area contributed by atoms with Crippen molar-refractivity contribution in [3.05, 3.63) is 0 Å². The van der Waals surface area contributed by atoms with Gasteiger partial charge in [-0.05, 0) is 57.8 Å². The van der Waals surface area contributed by atoms with Crippen LogP contribution in [-0.4, -0.2) is 105 Å². The SMILES string of the molecule is CCC(COC(=O)NCCCCCCN=C=O)(COC(=O)N1CCCCCC1N=C=O)COC(=O)N1CCCCCC1N=C=O. The topological polar surface area (TPSA) is 186 Å². The number of hydrogen-bond acceptors (Lipinski definition) is 12. The van der Waals surface area contributed by atoms with Crippen LogP contribution < -0.4 is 5.32 Å². The number of likely N-dealkylation sites (tertiary alicyclic amines) is 2. The van der Waals surface area contributed by atoms with Gasteiger partial charge in [-0.2, -0.15) is 9.98 Å². The lowest BCUT2D eigenvalue weighted by molar-refractivity contribution is -0.0326. The third kappa shape index (κ3) is 13.6. The van der Waals surface area contributed by atoms with Gasteiger partial charge in [0.1, 0.15) is 32.2 Å². The molecule has 0 saturated carbocycles. The summed E-state index contributed by atoms with van der Waals surface area (Å²) in [4.78, 5) is 84.8. The molecule has 2 rings (SSSR count). The molecular formula is C30H46N6O9. The van der Waals surface area contributed by atoms with Crippen LogP contribution in [0.15, 0.2) is 15.0 Å². The van der Waals surface area contributed by atoms with Gasteiger partial charge in [-0.25, -0.2) is 33.8 Å². The zero-order chi connectivity index (χ0) is 32.8. The highest BCUT2D eigenvalue weighted by Gasteiger charge is 2.37. The molecule has 0 radical (unpaired) electrons. The Kier molecular flexibility index (Phi) is 17.8. The van der Waals surface area contributed by atoms with Crippen molar-refractivity contribution in [1.29, 1.82) is 0 Å². The van der Waals surface area contributed by atoms with Crippen molar-refractivity contribution >= 4 is 36.5 Å². The highest BCUT2D eigenvalue weighted by molar-refractivity contribution is 5.69. The van der Waals surface area contributed by atoms with Crippen LogP contribution in [0.2, 0.25) is 0 Å². The predicted octanol–water partition coefficient (Wildman–Crippen LogP) is 4.35. The molecule has 0 aromatic heterocycles. The molecule has 3 amide bonds. The number of nitrogens with zero attached hydrogens (tertiary/aromatic N) is 5. The Bertz CT molecular complexity index is 1030. The van der Waals surface area contributed by atoms with E-state index in [2.05, 4.69) is 20.3 Å². The Morgan fingerprint density at radius 3 is 1.78 bits per heavy atom. The number of rotatable bonds is 16. The molecule has 2 saturated heterocycles. The number of nitrogens with one attached hydrogen (secondary N) is 1. The average molecular weight is 635 g/mol. The van der Waals surface area contributed by atoms with Gasteiger partial charge in [-0.15, -0.1) is 0 Å². The van der Waals surface area contributed by atoms with E-state index >= 15 is 0 Å². The zero-order valence-corrected chi connectivity index (χ0v) is 26.2. The van der Waals surface area contributed by atoms with Crippen molar-refractivity contribution in [3.8, 4) is 0 Å². The molecule has 0 aliphatic carbocycles. The van der Waals surface area contributed by atoms with E-state index in [-0.39, 0.29) is 19.8 Å². The number of ether oxygens (including phenoxy) is 3. The van der Waals surface area contributed by atoms with Gasteiger partial charge in [0, 0.05) is 19.6 Å². The predicted molar refractivity (Wildman–Crippen MR) is 160 cm³/mol. The summed E-state index contributed by atoms with van der Waals surface area (Å²) in [7, 11) is 0. The third-order valence-corrected chi connectivity index (χ3v) is 8.11. The minimum absolute atomic E-state index is 0.217. The summed E-state index contributed by atoms with van der Waals surface area (Å²) >= 11 is 0. The number of amides is 3. The Morgan fingerprint density at radius 2 is 1.27 bits per heavy atom. The van der Waals surface area contributed by atoms with Crippen molar-refractivity contribution < 1.29 is 43.0 Å². The van der Waals surface area contributed by atoms with Gasteiger partial charge < -0.3 is 19.5 Å². The Morgan fingerprint density at radius 1 is 0.733 bits per heavy atom. The van der Waals surface area contributed by atoms with Crippen LogP contribution in [0.1, 0.15) is 90.4 Å². The molecule has 2 aliphatic rings. The number of isocyanates is 3. The van der Waals surface area contributed by atoms with Crippen LogP contribution in [0.5, 0.6) is 0 Å². The van der Waals surface area contributed by atoms with E-state index in [1.54, 1.807) is 6.92 Å². The summed E-state index contributed by atoms with van der Waals surface area (Å²) < 4.78 is 16.9. The summed E-state index contributed by atoms with van der Waals surface area (Å²) in [6.45, 7) is 2.63. The van der Waals surface area contributed by atoms with E-state index in [9.17, 15) is 28.8 Å². The molecule has 1 N–H and O–H groups in total. The fourth-order valence-corrected chi connectivity index (χ4v) is 5.20. The number of carbonyl (C=O) groups excluding carboxylic acids is 6. The van der Waals surface area contributed by atoms with E-state index in [1.807, 2.05) is 0 Å². The molecule has 45 heavy (non-hydrogen) atoms. The zero-order valence-electron chi connectivity index (χ0n) is 26.2. The van der Waals surface area contributed by atoms with E-state index in [0.29, 0.717) is 51.9 Å². The van der Waals surface area contributed by atoms with Crippen molar-refractivity contribution in [2.45, 2.75) is 103 Å². The van der Waals surface area contributed by atoms with Gasteiger partial charge in [-0.1, -0.05) is 32.6 Å². The first-order valence-electron chi connectivity index (χ1n) is 15.8. The van der Waals surface area contributed by atoms with Crippen LogP contribution in [0.3, 0.4) is 0 Å². The van der Waals surface area contributed by atoms with Crippen molar-refractivity contribution in [2.75, 3.05) is 46.0 Å². The molecule has 2 heterocycles. The Hall–Kier alpha value is -4.05. The minimum Gasteiger partial charge on any atom is -0.449 e. The third-order valence-electron chi connectivity index (χ3n) is 8.11. The van der Waals surface area contributed by atoms with E-state index < -0.39 is 36.0 Å². The summed E-state index contributed by atoms with van der Waals surface area (Å²) in [5, 5.41) is 2.69. The van der Waals surface area contributed by atoms with Crippen molar-refractivity contribution in [1.82, 2.24) is 15.1 Å². The highest BCUT2D eigenvalue weighted by Crippen LogP contribution is 2.27. The first-order valence-corrected chi connectivity index (χ1v) is 15.8. The molecule has 0 aromatic carbocycles. The highest BCUT2D eigenvalue weighted by atomic mass is 16.6. The molecule has 250 valence electrons. The quantitative estimate of drug-likeness (QED) is 0.111. The molecule has 15 heteroatoms. The number of carbonyl (C=O) groups is 3. The second-order valence-corrected chi connectivity index (χ2v) is 11.3. The number of alkyl carbamates (subject to hydrolysis) is 1. The maximum atomic E-state index is 13.2. The van der Waals surface area contributed by atoms with Crippen molar-refractivity contribution in [2.24, 2.45) is 20.4 Å². The van der Waals surface area contributed by atoms with Crippen LogP contribution in [0.4, 0.5) is 14.4 Å². The fourth-order valence-electron chi connectivity index (χ4n) is 5.20. The second kappa shape index (κ2) is 21.6. The molecule has 0 spiro atoms. The normalized spacial score (nSPS) is 19.6. The summed E-state index contributed by atoms with van der Waals surface area (Å²) in [5.41, 5.74) is -1.09. The second-order valence-electron chi connectivity index (χ2n) is 11.3. The minimum atomic E-state index is -1.09. The summed E-state index contributed by atoms with van der Waals surface area (Å²) in [5.74, 6) is 0. The van der Waals surface area contributed by atoms with Gasteiger partial charge in [0.2, 0.25) is 18.2 Å². The van der Waals surface area contributed by atoms with Gasteiger partial charge in [0.05, 0.1) is 12.0 Å². The van der Waals surface area contributed by atoms with Crippen LogP contribution in [0.25, 0.3) is 0 Å². The molecule has 15 nitrogen and oxygen atoms in total. The Balaban J connectivity index is 2.07. The van der Waals surface area contributed by atoms with Crippen LogP contribution >= 0.6 is 0 Å². The lowest BCUT2D eigenvalue weighted by Gasteiger charge is -2.34. The Labute approximate surface area is 263 Å². The van der Waals surface area contributed by atoms with Gasteiger partial charge in [0.25, 0.3) is 0 Å². The standard InChI is InChI=1S/C30H46N6O9/c1-2-30(19-43-27(40)32-16-10-4-3-9-15-31-22-37,20-44-28(41)35-17-11-5-7-13-25(35)33-23-38)21-45-29(42)36-18-12-6-8-14-26(36)34-24-39/h25-26H,2-21H2,1H3,(H,32,40). The van der Waals surface area contributed by atoms with Gasteiger partial charge >= 0.3 is 18.3 Å².